The number of nitrogens with one attached hydrogen (secondary N) is 2. The van der Waals surface area contributed by atoms with Crippen LogP contribution in [0.15, 0.2) is 30.5 Å². The van der Waals surface area contributed by atoms with Gasteiger partial charge in [-0.25, -0.2) is 9.78 Å². The number of nitrogens with two attached hydrogens (primary N) is 1. The van der Waals surface area contributed by atoms with Crippen LogP contribution in [0.5, 0.6) is 5.75 Å². The summed E-state index contributed by atoms with van der Waals surface area (Å²) in [7, 11) is 1.54. The maximum atomic E-state index is 12.4. The molecule has 0 saturated carbocycles. The van der Waals surface area contributed by atoms with E-state index in [0.717, 1.165) is 47.7 Å². The summed E-state index contributed by atoms with van der Waals surface area (Å²) in [5.41, 5.74) is 9.56. The van der Waals surface area contributed by atoms with Gasteiger partial charge in [0.15, 0.2) is 0 Å². The Morgan fingerprint density at radius 2 is 2.02 bits per heavy atom. The molecular formula is C30H40N6O4. The number of pyridine rings is 1. The fourth-order valence-electron chi connectivity index (χ4n) is 4.77. The summed E-state index contributed by atoms with van der Waals surface area (Å²) >= 11 is 0. The number of aromatic nitrogens is 3. The number of nitrogen functional groups attached to an aromatic ring is 1. The van der Waals surface area contributed by atoms with Gasteiger partial charge >= 0.3 is 6.09 Å². The third-order valence-electron chi connectivity index (χ3n) is 6.69. The number of nitrogens with zero attached hydrogens (tertiary/aromatic N) is 3. The molecule has 3 heterocycles. The van der Waals surface area contributed by atoms with Crippen LogP contribution in [0.2, 0.25) is 0 Å². The first-order valence-electron chi connectivity index (χ1n) is 13.8. The Morgan fingerprint density at radius 1 is 1.23 bits per heavy atom. The Labute approximate surface area is 235 Å². The number of carbonyl (C=O) groups is 2. The van der Waals surface area contributed by atoms with E-state index in [9.17, 15) is 9.59 Å². The van der Waals surface area contributed by atoms with Gasteiger partial charge in [-0.2, -0.15) is 5.10 Å². The van der Waals surface area contributed by atoms with Crippen LogP contribution < -0.4 is 21.1 Å². The maximum absolute atomic E-state index is 12.4. The van der Waals surface area contributed by atoms with E-state index in [-0.39, 0.29) is 11.9 Å². The molecule has 3 aromatic rings. The standard InChI is InChI=1S/C30H40N6O4/c1-19-15-16-36-27-21(11-9-7-6-8-10-12-24(37)33-19)18-32-28(31)25(27)26(35-36)20-13-14-22(23(17-20)39-5)34-29(38)40-30(2,3)4/h9,11,13-14,17-19H,6-8,10,12,15-16H2,1-5H3,(H2,31,32)(H,33,37)(H,34,38)/b11-9+/t19-/m1/s1. The minimum Gasteiger partial charge on any atom is -0.495 e. The second-order valence-corrected chi connectivity index (χ2v) is 11.2. The van der Waals surface area contributed by atoms with E-state index in [4.69, 9.17) is 20.3 Å². The van der Waals surface area contributed by atoms with Crippen molar-refractivity contribution in [3.8, 4) is 17.0 Å². The number of allylic oxidation sites excluding steroid dienone is 1. The number of ether oxygens (including phenoxy) is 2. The SMILES string of the molecule is COc1cc(-c2nn3c4c(cnc(N)c24)/C=C/CCCCCC(=O)N[C@H](C)CC3)ccc1NC(=O)OC(C)(C)C. The number of hydrogen-bond acceptors (Lipinski definition) is 7. The summed E-state index contributed by atoms with van der Waals surface area (Å²) < 4.78 is 12.9. The molecule has 0 fully saturated rings. The predicted octanol–water partition coefficient (Wildman–Crippen LogP) is 5.91. The van der Waals surface area contributed by atoms with E-state index in [0.29, 0.717) is 42.3 Å². The summed E-state index contributed by atoms with van der Waals surface area (Å²) in [4.78, 5) is 29.2. The average Bonchev–Trinajstić information content (AvgIpc) is 3.27. The molecule has 214 valence electrons. The smallest absolute Gasteiger partial charge is 0.412 e. The molecule has 1 atom stereocenters. The molecule has 40 heavy (non-hydrogen) atoms. The number of aryl methyl sites for hydroxylation is 1. The van der Waals surface area contributed by atoms with Gasteiger partial charge in [0, 0.05) is 36.3 Å². The fraction of sp³-hybridized carbons (Fsp3) is 0.467. The lowest BCUT2D eigenvalue weighted by Gasteiger charge is -2.20. The van der Waals surface area contributed by atoms with Gasteiger partial charge in [0.2, 0.25) is 5.91 Å². The van der Waals surface area contributed by atoms with Crippen LogP contribution in [0.25, 0.3) is 28.2 Å². The van der Waals surface area contributed by atoms with Crippen LogP contribution in [-0.4, -0.2) is 45.5 Å². The minimum atomic E-state index is -0.628. The molecule has 4 N–H and O–H groups in total. The molecule has 0 spiro atoms. The van der Waals surface area contributed by atoms with Crippen molar-refractivity contribution in [2.24, 2.45) is 0 Å². The highest BCUT2D eigenvalue weighted by Crippen LogP contribution is 2.37. The molecule has 0 bridgehead atoms. The monoisotopic (exact) mass is 548 g/mol. The van der Waals surface area contributed by atoms with Crippen LogP contribution in [0.3, 0.4) is 0 Å². The number of anilines is 2. The van der Waals surface area contributed by atoms with Crippen LogP contribution in [0.1, 0.15) is 71.8 Å². The number of carbonyl (C=O) groups excluding carboxylic acids is 2. The molecule has 10 heteroatoms. The van der Waals surface area contributed by atoms with Crippen molar-refractivity contribution in [3.05, 3.63) is 36.0 Å². The number of rotatable bonds is 3. The summed E-state index contributed by atoms with van der Waals surface area (Å²) in [6.45, 7) is 8.01. The molecule has 1 aliphatic heterocycles. The zero-order chi connectivity index (χ0) is 28.9. The molecule has 10 nitrogen and oxygen atoms in total. The van der Waals surface area contributed by atoms with Gasteiger partial charge < -0.3 is 20.5 Å². The summed E-state index contributed by atoms with van der Waals surface area (Å²) in [5.74, 6) is 0.923. The van der Waals surface area contributed by atoms with Crippen LogP contribution in [0, 0.1) is 0 Å². The number of methoxy groups -OCH3 is 1. The molecule has 0 radical (unpaired) electrons. The lowest BCUT2D eigenvalue weighted by Crippen LogP contribution is -2.33. The molecule has 1 aromatic carbocycles. The highest BCUT2D eigenvalue weighted by molar-refractivity contribution is 6.04. The van der Waals surface area contributed by atoms with E-state index < -0.39 is 11.7 Å². The molecule has 4 rings (SSSR count). The van der Waals surface area contributed by atoms with Crippen molar-refractivity contribution >= 4 is 40.5 Å². The molecule has 0 unspecified atom stereocenters. The largest absolute Gasteiger partial charge is 0.495 e. The highest BCUT2D eigenvalue weighted by atomic mass is 16.6. The van der Waals surface area contributed by atoms with E-state index in [1.165, 1.54) is 0 Å². The van der Waals surface area contributed by atoms with Gasteiger partial charge in [-0.05, 0) is 65.5 Å². The summed E-state index contributed by atoms with van der Waals surface area (Å²) in [6, 6.07) is 5.43. The Balaban J connectivity index is 1.76. The Hall–Kier alpha value is -4.08. The van der Waals surface area contributed by atoms with Crippen molar-refractivity contribution in [2.75, 3.05) is 18.2 Å². The van der Waals surface area contributed by atoms with Crippen molar-refractivity contribution in [1.82, 2.24) is 20.1 Å². The number of hydrogen-bond donors (Lipinski definition) is 3. The van der Waals surface area contributed by atoms with Crippen molar-refractivity contribution < 1.29 is 19.1 Å². The van der Waals surface area contributed by atoms with E-state index in [1.807, 2.05) is 23.7 Å². The predicted molar refractivity (Wildman–Crippen MR) is 158 cm³/mol. The average molecular weight is 549 g/mol. The molecule has 2 aromatic heterocycles. The first kappa shape index (κ1) is 28.9. The summed E-state index contributed by atoms with van der Waals surface area (Å²) in [5, 5.41) is 11.6. The number of amides is 2. The van der Waals surface area contributed by atoms with Gasteiger partial charge in [-0.1, -0.05) is 24.6 Å². The normalized spacial score (nSPS) is 17.8. The lowest BCUT2D eigenvalue weighted by molar-refractivity contribution is -0.121. The first-order chi connectivity index (χ1) is 19.1. The first-order valence-corrected chi connectivity index (χ1v) is 13.8. The van der Waals surface area contributed by atoms with Crippen LogP contribution in [0.4, 0.5) is 16.3 Å². The van der Waals surface area contributed by atoms with Gasteiger partial charge in [0.1, 0.15) is 22.9 Å². The molecule has 0 saturated heterocycles. The Morgan fingerprint density at radius 3 is 2.77 bits per heavy atom. The quantitative estimate of drug-likeness (QED) is 0.371. The Bertz CT molecular complexity index is 1410. The lowest BCUT2D eigenvalue weighted by atomic mass is 10.0. The van der Waals surface area contributed by atoms with E-state index >= 15 is 0 Å². The Kier molecular flexibility index (Phi) is 8.96. The second kappa shape index (κ2) is 12.4. The molecular weight excluding hydrogens is 508 g/mol. The van der Waals surface area contributed by atoms with E-state index in [2.05, 4.69) is 27.8 Å². The second-order valence-electron chi connectivity index (χ2n) is 11.2. The number of benzene rings is 1. The zero-order valence-electron chi connectivity index (χ0n) is 24.0. The van der Waals surface area contributed by atoms with Crippen molar-refractivity contribution in [1.29, 1.82) is 0 Å². The van der Waals surface area contributed by atoms with Crippen molar-refractivity contribution in [2.45, 2.75) is 84.4 Å². The molecule has 0 aliphatic carbocycles. The van der Waals surface area contributed by atoms with Gasteiger partial charge in [0.25, 0.3) is 0 Å². The minimum absolute atomic E-state index is 0.00295. The third-order valence-corrected chi connectivity index (χ3v) is 6.69. The topological polar surface area (TPSA) is 133 Å². The van der Waals surface area contributed by atoms with Crippen molar-refractivity contribution in [3.63, 3.8) is 0 Å². The van der Waals surface area contributed by atoms with E-state index in [1.54, 1.807) is 40.1 Å². The highest BCUT2D eigenvalue weighted by Gasteiger charge is 2.22. The van der Waals surface area contributed by atoms with Crippen LogP contribution in [-0.2, 0) is 16.1 Å². The molecule has 2 amide bonds. The fourth-order valence-corrected chi connectivity index (χ4v) is 4.77. The third kappa shape index (κ3) is 7.11. The van der Waals surface area contributed by atoms with Gasteiger partial charge in [-0.15, -0.1) is 0 Å². The zero-order valence-corrected chi connectivity index (χ0v) is 24.0. The van der Waals surface area contributed by atoms with Gasteiger partial charge in [0.05, 0.1) is 23.7 Å². The maximum Gasteiger partial charge on any atom is 0.412 e. The van der Waals surface area contributed by atoms with Gasteiger partial charge in [-0.3, -0.25) is 14.8 Å². The van der Waals surface area contributed by atoms with Crippen LogP contribution >= 0.6 is 0 Å². The molecule has 1 aliphatic rings. The summed E-state index contributed by atoms with van der Waals surface area (Å²) in [6.07, 6.45) is 10.5.